The third-order valence-corrected chi connectivity index (χ3v) is 6.50. The van der Waals surface area contributed by atoms with E-state index in [1.165, 1.54) is 0 Å². The summed E-state index contributed by atoms with van der Waals surface area (Å²) in [6.07, 6.45) is 0. The summed E-state index contributed by atoms with van der Waals surface area (Å²) in [6.45, 7) is 8.12. The Kier molecular flexibility index (Phi) is 7.50. The molecule has 0 aliphatic heterocycles. The fourth-order valence-electron chi connectivity index (χ4n) is 3.97. The van der Waals surface area contributed by atoms with E-state index in [2.05, 4.69) is 26.1 Å². The quantitative estimate of drug-likeness (QED) is 0.306. The van der Waals surface area contributed by atoms with Crippen LogP contribution in [0.15, 0.2) is 84.9 Å². The number of likely N-dealkylation sites (N-methyl/N-ethyl adjacent to an activating group) is 1. The van der Waals surface area contributed by atoms with E-state index in [-0.39, 0.29) is 17.2 Å². The molecule has 4 aromatic rings. The van der Waals surface area contributed by atoms with Crippen molar-refractivity contribution in [3.05, 3.63) is 107 Å². The smallest absolute Gasteiger partial charge is 0.255 e. The first-order chi connectivity index (χ1) is 17.5. The number of carbonyl (C=O) groups excluding carboxylic acids is 2. The number of benzene rings is 3. The third kappa shape index (κ3) is 5.92. The monoisotopic (exact) mass is 514 g/mol. The molecule has 2 amide bonds. The summed E-state index contributed by atoms with van der Waals surface area (Å²) in [7, 11) is 1.75. The number of halogens is 1. The van der Waals surface area contributed by atoms with E-state index in [0.29, 0.717) is 16.4 Å². The van der Waals surface area contributed by atoms with Gasteiger partial charge in [-0.3, -0.25) is 14.5 Å². The van der Waals surface area contributed by atoms with E-state index in [0.717, 1.165) is 22.6 Å². The molecule has 0 bridgehead atoms. The van der Waals surface area contributed by atoms with E-state index in [4.69, 9.17) is 16.7 Å². The van der Waals surface area contributed by atoms with Gasteiger partial charge >= 0.3 is 0 Å². The molecule has 0 spiro atoms. The minimum absolute atomic E-state index is 0.0925. The molecule has 190 valence electrons. The number of nitrogens with one attached hydrogen (secondary N) is 1. The topological polar surface area (TPSA) is 67.2 Å². The molecule has 0 fully saturated rings. The van der Waals surface area contributed by atoms with Gasteiger partial charge in [0.15, 0.2) is 0 Å². The highest BCUT2D eigenvalue weighted by molar-refractivity contribution is 6.30. The zero-order valence-corrected chi connectivity index (χ0v) is 22.5. The number of anilines is 2. The number of amides is 2. The van der Waals surface area contributed by atoms with Crippen molar-refractivity contribution in [1.29, 1.82) is 0 Å². The summed E-state index contributed by atoms with van der Waals surface area (Å²) in [6, 6.07) is 25.8. The Morgan fingerprint density at radius 1 is 0.946 bits per heavy atom. The van der Waals surface area contributed by atoms with Gasteiger partial charge in [-0.2, -0.15) is 5.10 Å². The van der Waals surface area contributed by atoms with Crippen molar-refractivity contribution in [2.75, 3.05) is 17.3 Å². The Morgan fingerprint density at radius 3 is 2.24 bits per heavy atom. The van der Waals surface area contributed by atoms with Gasteiger partial charge in [0, 0.05) is 34.8 Å². The highest BCUT2D eigenvalue weighted by Crippen LogP contribution is 2.30. The lowest BCUT2D eigenvalue weighted by Crippen LogP contribution is -2.32. The maximum atomic E-state index is 13.6. The first-order valence-electron chi connectivity index (χ1n) is 12.1. The summed E-state index contributed by atoms with van der Waals surface area (Å²) < 4.78 is 1.76. The van der Waals surface area contributed by atoms with Gasteiger partial charge < -0.3 is 5.32 Å². The maximum Gasteiger partial charge on any atom is 0.255 e. The van der Waals surface area contributed by atoms with E-state index in [1.807, 2.05) is 73.7 Å². The van der Waals surface area contributed by atoms with Crippen LogP contribution in [0.3, 0.4) is 0 Å². The van der Waals surface area contributed by atoms with Gasteiger partial charge in [0.2, 0.25) is 5.91 Å². The fourth-order valence-corrected chi connectivity index (χ4v) is 4.15. The zero-order chi connectivity index (χ0) is 26.7. The number of carbonyl (C=O) groups is 2. The number of para-hydroxylation sites is 1. The van der Waals surface area contributed by atoms with Crippen LogP contribution in [0.4, 0.5) is 11.5 Å². The van der Waals surface area contributed by atoms with Crippen molar-refractivity contribution in [2.45, 2.75) is 39.0 Å². The molecule has 0 radical (unpaired) electrons. The molecule has 1 atom stereocenters. The summed E-state index contributed by atoms with van der Waals surface area (Å²) >= 11 is 6.25. The van der Waals surface area contributed by atoms with Crippen LogP contribution in [0.25, 0.3) is 5.69 Å². The van der Waals surface area contributed by atoms with Crippen LogP contribution < -0.4 is 10.2 Å². The molecule has 1 heterocycles. The highest BCUT2D eigenvalue weighted by atomic mass is 35.5. The van der Waals surface area contributed by atoms with Crippen molar-refractivity contribution in [1.82, 2.24) is 9.78 Å². The van der Waals surface area contributed by atoms with Crippen LogP contribution in [0.2, 0.25) is 5.02 Å². The number of aromatic nitrogens is 2. The zero-order valence-electron chi connectivity index (χ0n) is 21.7. The Bertz CT molecular complexity index is 1410. The summed E-state index contributed by atoms with van der Waals surface area (Å²) in [5.41, 5.74) is 3.51. The normalized spacial score (nSPS) is 12.2. The molecule has 37 heavy (non-hydrogen) atoms. The van der Waals surface area contributed by atoms with Crippen LogP contribution in [0.1, 0.15) is 55.2 Å². The Morgan fingerprint density at radius 2 is 1.62 bits per heavy atom. The summed E-state index contributed by atoms with van der Waals surface area (Å²) in [4.78, 5) is 27.8. The standard InChI is InChI=1S/C30H31ClN4O2/c1-20(21-14-16-22(17-15-21)28(36)32-24-11-7-6-8-12-24)29(37)34(5)27-19-26(30(2,3)4)33-35(27)25-13-9-10-23(31)18-25/h6-20H,1-5H3,(H,32,36). The van der Waals surface area contributed by atoms with Gasteiger partial charge in [0.1, 0.15) is 5.82 Å². The van der Waals surface area contributed by atoms with E-state index in [1.54, 1.807) is 34.8 Å². The van der Waals surface area contributed by atoms with Crippen molar-refractivity contribution < 1.29 is 9.59 Å². The number of rotatable bonds is 6. The van der Waals surface area contributed by atoms with E-state index < -0.39 is 5.92 Å². The summed E-state index contributed by atoms with van der Waals surface area (Å²) in [5.74, 6) is -0.0703. The summed E-state index contributed by atoms with van der Waals surface area (Å²) in [5, 5.41) is 8.28. The second-order valence-electron chi connectivity index (χ2n) is 10.1. The largest absolute Gasteiger partial charge is 0.322 e. The Balaban J connectivity index is 1.57. The van der Waals surface area contributed by atoms with Gasteiger partial charge in [-0.25, -0.2) is 4.68 Å². The first kappa shape index (κ1) is 26.2. The molecule has 1 aromatic heterocycles. The predicted molar refractivity (Wildman–Crippen MR) is 150 cm³/mol. The van der Waals surface area contributed by atoms with Gasteiger partial charge in [-0.15, -0.1) is 0 Å². The maximum absolute atomic E-state index is 13.6. The van der Waals surface area contributed by atoms with Gasteiger partial charge in [-0.1, -0.05) is 68.8 Å². The first-order valence-corrected chi connectivity index (χ1v) is 12.5. The fraction of sp³-hybridized carbons (Fsp3) is 0.233. The Hall–Kier alpha value is -3.90. The molecule has 7 heteroatoms. The molecule has 4 rings (SSSR count). The molecule has 1 N–H and O–H groups in total. The molecule has 0 saturated carbocycles. The highest BCUT2D eigenvalue weighted by Gasteiger charge is 2.27. The molecule has 1 unspecified atom stereocenters. The average molecular weight is 515 g/mol. The SMILES string of the molecule is CC(C(=O)N(C)c1cc(C(C)(C)C)nn1-c1cccc(Cl)c1)c1ccc(C(=O)Nc2ccccc2)cc1. The van der Waals surface area contributed by atoms with Crippen molar-refractivity contribution >= 4 is 34.9 Å². The van der Waals surface area contributed by atoms with E-state index in [9.17, 15) is 9.59 Å². The Labute approximate surface area is 222 Å². The van der Waals surface area contributed by atoms with Crippen LogP contribution in [-0.2, 0) is 10.2 Å². The van der Waals surface area contributed by atoms with E-state index >= 15 is 0 Å². The molecule has 6 nitrogen and oxygen atoms in total. The number of hydrogen-bond acceptors (Lipinski definition) is 3. The molecule has 0 saturated heterocycles. The van der Waals surface area contributed by atoms with Crippen molar-refractivity contribution in [2.24, 2.45) is 0 Å². The third-order valence-electron chi connectivity index (χ3n) is 6.26. The number of hydrogen-bond donors (Lipinski definition) is 1. The molecule has 3 aromatic carbocycles. The van der Waals surface area contributed by atoms with Crippen LogP contribution in [0, 0.1) is 0 Å². The average Bonchev–Trinajstić information content (AvgIpc) is 3.34. The van der Waals surface area contributed by atoms with Crippen LogP contribution >= 0.6 is 11.6 Å². The molecular weight excluding hydrogens is 484 g/mol. The number of nitrogens with zero attached hydrogens (tertiary/aromatic N) is 3. The van der Waals surface area contributed by atoms with Crippen LogP contribution in [-0.4, -0.2) is 28.6 Å². The molecule has 0 aliphatic carbocycles. The van der Waals surface area contributed by atoms with Crippen molar-refractivity contribution in [3.8, 4) is 5.69 Å². The second-order valence-corrected chi connectivity index (χ2v) is 10.5. The lowest BCUT2D eigenvalue weighted by Gasteiger charge is -2.22. The van der Waals surface area contributed by atoms with Gasteiger partial charge in [0.25, 0.3) is 5.91 Å². The van der Waals surface area contributed by atoms with Gasteiger partial charge in [0.05, 0.1) is 17.3 Å². The lowest BCUT2D eigenvalue weighted by atomic mass is 9.92. The second kappa shape index (κ2) is 10.6. The minimum Gasteiger partial charge on any atom is -0.322 e. The lowest BCUT2D eigenvalue weighted by molar-refractivity contribution is -0.119. The van der Waals surface area contributed by atoms with Crippen LogP contribution in [0.5, 0.6) is 0 Å². The predicted octanol–water partition coefficient (Wildman–Crippen LogP) is 6.84. The minimum atomic E-state index is -0.433. The molecule has 0 aliphatic rings. The van der Waals surface area contributed by atoms with Crippen molar-refractivity contribution in [3.63, 3.8) is 0 Å². The van der Waals surface area contributed by atoms with Gasteiger partial charge in [-0.05, 0) is 55.0 Å². The molecular formula is C30H31ClN4O2.